The van der Waals surface area contributed by atoms with Crippen molar-refractivity contribution in [2.24, 2.45) is 0 Å². The third kappa shape index (κ3) is 4.54. The molecule has 3 aromatic rings. The van der Waals surface area contributed by atoms with E-state index in [-0.39, 0.29) is 5.91 Å². The fraction of sp³-hybridized carbons (Fsp3) is 0.350. The molecule has 0 atom stereocenters. The second-order valence-electron chi connectivity index (χ2n) is 6.56. The summed E-state index contributed by atoms with van der Waals surface area (Å²) in [5, 5.41) is 4.05. The average molecular weight is 382 g/mol. The SMILES string of the molecule is O=C(CCCOc1cccnc1)Nc1ccc2nc(N3CCCC3)sc2c1. The number of nitrogens with zero attached hydrogens (tertiary/aromatic N) is 3. The summed E-state index contributed by atoms with van der Waals surface area (Å²) in [6.07, 6.45) is 6.92. The molecular formula is C20H22N4O2S. The lowest BCUT2D eigenvalue weighted by atomic mass is 10.2. The number of carbonyl (C=O) groups excluding carboxylic acids is 1. The monoisotopic (exact) mass is 382 g/mol. The topological polar surface area (TPSA) is 67.3 Å². The fourth-order valence-corrected chi connectivity index (χ4v) is 4.17. The number of amides is 1. The highest BCUT2D eigenvalue weighted by molar-refractivity contribution is 7.22. The summed E-state index contributed by atoms with van der Waals surface area (Å²) >= 11 is 1.69. The van der Waals surface area contributed by atoms with Crippen molar-refractivity contribution in [3.63, 3.8) is 0 Å². The molecule has 1 aliphatic rings. The second kappa shape index (κ2) is 8.35. The van der Waals surface area contributed by atoms with E-state index in [0.29, 0.717) is 19.4 Å². The molecule has 3 heterocycles. The summed E-state index contributed by atoms with van der Waals surface area (Å²) in [5.74, 6) is 0.718. The van der Waals surface area contributed by atoms with Crippen LogP contribution in [0.15, 0.2) is 42.7 Å². The van der Waals surface area contributed by atoms with Crippen molar-refractivity contribution in [1.29, 1.82) is 0 Å². The summed E-state index contributed by atoms with van der Waals surface area (Å²) < 4.78 is 6.67. The quantitative estimate of drug-likeness (QED) is 0.624. The van der Waals surface area contributed by atoms with Crippen molar-refractivity contribution >= 4 is 38.3 Å². The highest BCUT2D eigenvalue weighted by atomic mass is 32.1. The number of nitrogens with one attached hydrogen (secondary N) is 1. The molecule has 1 saturated heterocycles. The number of aromatic nitrogens is 2. The van der Waals surface area contributed by atoms with Crippen LogP contribution in [0.25, 0.3) is 10.2 Å². The number of hydrogen-bond donors (Lipinski definition) is 1. The first-order valence-electron chi connectivity index (χ1n) is 9.26. The molecule has 0 unspecified atom stereocenters. The van der Waals surface area contributed by atoms with Gasteiger partial charge in [-0.05, 0) is 49.6 Å². The summed E-state index contributed by atoms with van der Waals surface area (Å²) in [7, 11) is 0. The van der Waals surface area contributed by atoms with Crippen molar-refractivity contribution in [3.05, 3.63) is 42.7 Å². The molecule has 0 spiro atoms. The van der Waals surface area contributed by atoms with E-state index in [1.807, 2.05) is 30.3 Å². The third-order valence-corrected chi connectivity index (χ3v) is 5.57. The molecule has 1 fully saturated rings. The second-order valence-corrected chi connectivity index (χ2v) is 7.57. The van der Waals surface area contributed by atoms with E-state index < -0.39 is 0 Å². The number of carbonyl (C=O) groups is 1. The molecule has 27 heavy (non-hydrogen) atoms. The zero-order valence-electron chi connectivity index (χ0n) is 15.1. The molecular weight excluding hydrogens is 360 g/mol. The van der Waals surface area contributed by atoms with Gasteiger partial charge in [0.2, 0.25) is 5.91 Å². The highest BCUT2D eigenvalue weighted by Crippen LogP contribution is 2.32. The first-order chi connectivity index (χ1) is 13.3. The van der Waals surface area contributed by atoms with Crippen molar-refractivity contribution in [2.45, 2.75) is 25.7 Å². The van der Waals surface area contributed by atoms with Gasteiger partial charge >= 0.3 is 0 Å². The van der Waals surface area contributed by atoms with Gasteiger partial charge in [-0.1, -0.05) is 11.3 Å². The highest BCUT2D eigenvalue weighted by Gasteiger charge is 2.16. The summed E-state index contributed by atoms with van der Waals surface area (Å²) in [6, 6.07) is 9.59. The zero-order valence-corrected chi connectivity index (χ0v) is 15.9. The molecule has 140 valence electrons. The number of fused-ring (bicyclic) bond motifs is 1. The lowest BCUT2D eigenvalue weighted by Crippen LogP contribution is -2.16. The Labute approximate surface area is 162 Å². The van der Waals surface area contributed by atoms with E-state index in [4.69, 9.17) is 9.72 Å². The van der Waals surface area contributed by atoms with Gasteiger partial charge in [0.25, 0.3) is 0 Å². The molecule has 1 amide bonds. The molecule has 7 heteroatoms. The van der Waals surface area contributed by atoms with Crippen molar-refractivity contribution < 1.29 is 9.53 Å². The predicted octanol–water partition coefficient (Wildman–Crippen LogP) is 4.09. The van der Waals surface area contributed by atoms with Gasteiger partial charge < -0.3 is 15.0 Å². The Hall–Kier alpha value is -2.67. The fourth-order valence-electron chi connectivity index (χ4n) is 3.11. The largest absolute Gasteiger partial charge is 0.492 e. The molecule has 0 bridgehead atoms. The first kappa shape index (κ1) is 17.7. The lowest BCUT2D eigenvalue weighted by molar-refractivity contribution is -0.116. The van der Waals surface area contributed by atoms with Gasteiger partial charge in [-0.15, -0.1) is 0 Å². The molecule has 1 aliphatic heterocycles. The normalized spacial score (nSPS) is 13.9. The van der Waals surface area contributed by atoms with E-state index in [1.54, 1.807) is 23.7 Å². The number of hydrogen-bond acceptors (Lipinski definition) is 6. The van der Waals surface area contributed by atoms with Gasteiger partial charge in [0.15, 0.2) is 5.13 Å². The minimum absolute atomic E-state index is 0.00609. The molecule has 0 saturated carbocycles. The molecule has 2 aromatic heterocycles. The van der Waals surface area contributed by atoms with Gasteiger partial charge in [-0.3, -0.25) is 9.78 Å². The van der Waals surface area contributed by atoms with Gasteiger partial charge in [-0.2, -0.15) is 0 Å². The van der Waals surface area contributed by atoms with Crippen LogP contribution in [0.5, 0.6) is 5.75 Å². The third-order valence-electron chi connectivity index (χ3n) is 4.49. The number of thiazole rings is 1. The van der Waals surface area contributed by atoms with Crippen molar-refractivity contribution in [3.8, 4) is 5.75 Å². The number of rotatable bonds is 7. The average Bonchev–Trinajstić information content (AvgIpc) is 3.35. The molecule has 0 aliphatic carbocycles. The Kier molecular flexibility index (Phi) is 5.48. The van der Waals surface area contributed by atoms with Gasteiger partial charge in [0.1, 0.15) is 5.75 Å². The van der Waals surface area contributed by atoms with E-state index in [0.717, 1.165) is 39.9 Å². The van der Waals surface area contributed by atoms with E-state index in [1.165, 1.54) is 12.8 Å². The Morgan fingerprint density at radius 1 is 1.26 bits per heavy atom. The van der Waals surface area contributed by atoms with Crippen LogP contribution in [-0.4, -0.2) is 35.6 Å². The molecule has 0 radical (unpaired) electrons. The van der Waals surface area contributed by atoms with Crippen LogP contribution < -0.4 is 15.0 Å². The lowest BCUT2D eigenvalue weighted by Gasteiger charge is -2.11. The molecule has 1 N–H and O–H groups in total. The Morgan fingerprint density at radius 3 is 2.96 bits per heavy atom. The molecule has 1 aromatic carbocycles. The van der Waals surface area contributed by atoms with Crippen LogP contribution in [0.1, 0.15) is 25.7 Å². The number of pyridine rings is 1. The number of anilines is 2. The maximum atomic E-state index is 12.2. The summed E-state index contributed by atoms with van der Waals surface area (Å²) in [6.45, 7) is 2.67. The van der Waals surface area contributed by atoms with E-state index in [9.17, 15) is 4.79 Å². The van der Waals surface area contributed by atoms with Crippen LogP contribution in [-0.2, 0) is 4.79 Å². The van der Waals surface area contributed by atoms with Gasteiger partial charge in [0, 0.05) is 31.4 Å². The van der Waals surface area contributed by atoms with Crippen LogP contribution in [0.3, 0.4) is 0 Å². The van der Waals surface area contributed by atoms with E-state index >= 15 is 0 Å². The smallest absolute Gasteiger partial charge is 0.224 e. The first-order valence-corrected chi connectivity index (χ1v) is 10.1. The maximum absolute atomic E-state index is 12.2. The summed E-state index contributed by atoms with van der Waals surface area (Å²) in [4.78, 5) is 23.2. The maximum Gasteiger partial charge on any atom is 0.224 e. The predicted molar refractivity (Wildman–Crippen MR) is 109 cm³/mol. The van der Waals surface area contributed by atoms with Crippen LogP contribution >= 0.6 is 11.3 Å². The zero-order chi connectivity index (χ0) is 18.5. The Balaban J connectivity index is 1.29. The van der Waals surface area contributed by atoms with Crippen LogP contribution in [0, 0.1) is 0 Å². The minimum atomic E-state index is -0.00609. The molecule has 6 nitrogen and oxygen atoms in total. The number of ether oxygens (including phenoxy) is 1. The summed E-state index contributed by atoms with van der Waals surface area (Å²) in [5.41, 5.74) is 1.81. The Bertz CT molecular complexity index is 907. The standard InChI is InChI=1S/C20H22N4O2S/c25-19(6-4-12-26-16-5-3-9-21-14-16)22-15-7-8-17-18(13-15)27-20(23-17)24-10-1-2-11-24/h3,5,7-9,13-14H,1-2,4,6,10-12H2,(H,22,25). The number of benzene rings is 1. The van der Waals surface area contributed by atoms with E-state index in [2.05, 4.69) is 15.2 Å². The van der Waals surface area contributed by atoms with Crippen molar-refractivity contribution in [1.82, 2.24) is 9.97 Å². The van der Waals surface area contributed by atoms with Crippen LogP contribution in [0.4, 0.5) is 10.8 Å². The van der Waals surface area contributed by atoms with Gasteiger partial charge in [0.05, 0.1) is 23.0 Å². The van der Waals surface area contributed by atoms with Crippen molar-refractivity contribution in [2.75, 3.05) is 29.9 Å². The Morgan fingerprint density at radius 2 is 2.15 bits per heavy atom. The van der Waals surface area contributed by atoms with Crippen LogP contribution in [0.2, 0.25) is 0 Å². The molecule has 4 rings (SSSR count). The van der Waals surface area contributed by atoms with Gasteiger partial charge in [-0.25, -0.2) is 4.98 Å². The minimum Gasteiger partial charge on any atom is -0.492 e.